The highest BCUT2D eigenvalue weighted by molar-refractivity contribution is 5.94. The van der Waals surface area contributed by atoms with Crippen LogP contribution in [-0.2, 0) is 19.5 Å². The minimum Gasteiger partial charge on any atom is -0.328 e. The van der Waals surface area contributed by atoms with Gasteiger partial charge in [0, 0.05) is 49.7 Å². The molecule has 2 aliphatic rings. The second-order valence-electron chi connectivity index (χ2n) is 9.07. The molecule has 170 valence electrons. The smallest absolute Gasteiger partial charge is 0.254 e. The Labute approximate surface area is 193 Å². The molecule has 1 N–H and O–H groups in total. The number of likely N-dealkylation sites (tertiary alicyclic amines) is 1. The van der Waals surface area contributed by atoms with Crippen molar-refractivity contribution in [2.45, 2.75) is 51.7 Å². The number of hydrogen-bond acceptors (Lipinski definition) is 5. The van der Waals surface area contributed by atoms with E-state index in [9.17, 15) is 9.59 Å². The van der Waals surface area contributed by atoms with Crippen LogP contribution in [0.15, 0.2) is 53.6 Å². The number of aromatic nitrogens is 3. The van der Waals surface area contributed by atoms with Gasteiger partial charge in [0.05, 0.1) is 11.7 Å². The molecule has 0 aliphatic carbocycles. The molecule has 1 unspecified atom stereocenters. The lowest BCUT2D eigenvalue weighted by Gasteiger charge is -2.36. The number of benzene rings is 1. The van der Waals surface area contributed by atoms with E-state index in [2.05, 4.69) is 14.9 Å². The van der Waals surface area contributed by atoms with E-state index in [1.54, 1.807) is 12.4 Å². The number of aryl methyl sites for hydroxylation is 1. The van der Waals surface area contributed by atoms with Crippen LogP contribution >= 0.6 is 0 Å². The van der Waals surface area contributed by atoms with Gasteiger partial charge in [-0.1, -0.05) is 17.7 Å². The number of carbonyl (C=O) groups excluding carboxylic acids is 1. The zero-order valence-corrected chi connectivity index (χ0v) is 19.0. The van der Waals surface area contributed by atoms with E-state index in [4.69, 9.17) is 4.98 Å². The Morgan fingerprint density at radius 2 is 2.00 bits per heavy atom. The number of rotatable bonds is 4. The second-order valence-corrected chi connectivity index (χ2v) is 9.07. The van der Waals surface area contributed by atoms with Crippen molar-refractivity contribution >= 4 is 5.91 Å². The standard InChI is InChI=1S/C26H29N5O2/c1-18-5-4-6-20(15-18)26(33)31-13-3-2-7-23(31)24-28-22-17-30(14-10-21(22)25(32)29-24)16-19-8-11-27-12-9-19/h4-6,8-9,11-12,15,23H,2-3,7,10,13-14,16-17H2,1H3,(H,28,29,32). The fourth-order valence-electron chi connectivity index (χ4n) is 4.96. The molecular weight excluding hydrogens is 414 g/mol. The number of carbonyl (C=O) groups is 1. The monoisotopic (exact) mass is 443 g/mol. The Morgan fingerprint density at radius 3 is 2.82 bits per heavy atom. The molecule has 1 saturated heterocycles. The molecule has 1 amide bonds. The fourth-order valence-corrected chi connectivity index (χ4v) is 4.96. The molecule has 0 radical (unpaired) electrons. The van der Waals surface area contributed by atoms with E-state index in [-0.39, 0.29) is 17.5 Å². The highest BCUT2D eigenvalue weighted by Gasteiger charge is 2.32. The van der Waals surface area contributed by atoms with Gasteiger partial charge in [0.15, 0.2) is 0 Å². The van der Waals surface area contributed by atoms with Crippen LogP contribution in [0.25, 0.3) is 0 Å². The first kappa shape index (κ1) is 21.5. The van der Waals surface area contributed by atoms with Crippen LogP contribution in [0.3, 0.4) is 0 Å². The average Bonchev–Trinajstić information content (AvgIpc) is 2.84. The Kier molecular flexibility index (Phi) is 6.05. The number of pyridine rings is 1. The van der Waals surface area contributed by atoms with Gasteiger partial charge < -0.3 is 9.88 Å². The van der Waals surface area contributed by atoms with Crippen molar-refractivity contribution in [3.63, 3.8) is 0 Å². The highest BCUT2D eigenvalue weighted by Crippen LogP contribution is 2.31. The molecule has 5 rings (SSSR count). The van der Waals surface area contributed by atoms with Gasteiger partial charge in [-0.2, -0.15) is 0 Å². The van der Waals surface area contributed by atoms with Gasteiger partial charge in [-0.3, -0.25) is 19.5 Å². The van der Waals surface area contributed by atoms with Gasteiger partial charge >= 0.3 is 0 Å². The summed E-state index contributed by atoms with van der Waals surface area (Å²) >= 11 is 0. The summed E-state index contributed by atoms with van der Waals surface area (Å²) in [7, 11) is 0. The summed E-state index contributed by atoms with van der Waals surface area (Å²) in [6.07, 6.45) is 7.06. The molecule has 7 heteroatoms. The van der Waals surface area contributed by atoms with Crippen LogP contribution in [-0.4, -0.2) is 43.7 Å². The van der Waals surface area contributed by atoms with Crippen LogP contribution in [0.1, 0.15) is 63.9 Å². The van der Waals surface area contributed by atoms with Crippen molar-refractivity contribution in [3.05, 3.63) is 92.9 Å². The predicted octanol–water partition coefficient (Wildman–Crippen LogP) is 3.40. The summed E-state index contributed by atoms with van der Waals surface area (Å²) in [5, 5.41) is 0. The van der Waals surface area contributed by atoms with Crippen LogP contribution < -0.4 is 5.56 Å². The maximum Gasteiger partial charge on any atom is 0.254 e. The number of H-pyrrole nitrogens is 1. The van der Waals surface area contributed by atoms with Gasteiger partial charge in [0.2, 0.25) is 0 Å². The molecule has 0 saturated carbocycles. The number of nitrogens with zero attached hydrogens (tertiary/aromatic N) is 4. The number of aromatic amines is 1. The molecule has 1 fully saturated rings. The van der Waals surface area contributed by atoms with Gasteiger partial charge in [-0.05, 0) is 62.4 Å². The Bertz CT molecular complexity index is 1210. The minimum atomic E-state index is -0.208. The van der Waals surface area contributed by atoms with E-state index in [0.29, 0.717) is 30.9 Å². The quantitative estimate of drug-likeness (QED) is 0.668. The average molecular weight is 444 g/mol. The van der Waals surface area contributed by atoms with E-state index in [1.165, 1.54) is 5.56 Å². The van der Waals surface area contributed by atoms with Crippen molar-refractivity contribution < 1.29 is 4.79 Å². The number of piperidine rings is 1. The van der Waals surface area contributed by atoms with E-state index >= 15 is 0 Å². The SMILES string of the molecule is Cc1cccc(C(=O)N2CCCCC2c2nc3c(c(=O)[nH]2)CCN(Cc2ccncc2)C3)c1. The molecule has 0 bridgehead atoms. The van der Waals surface area contributed by atoms with E-state index in [1.807, 2.05) is 48.2 Å². The summed E-state index contributed by atoms with van der Waals surface area (Å²) in [5.41, 5.74) is 4.49. The maximum absolute atomic E-state index is 13.4. The molecule has 1 atom stereocenters. The molecule has 2 aliphatic heterocycles. The molecule has 7 nitrogen and oxygen atoms in total. The second kappa shape index (κ2) is 9.27. The number of hydrogen-bond donors (Lipinski definition) is 1. The molecule has 1 aromatic carbocycles. The van der Waals surface area contributed by atoms with Gasteiger partial charge in [0.25, 0.3) is 11.5 Å². The lowest BCUT2D eigenvalue weighted by Crippen LogP contribution is -2.41. The van der Waals surface area contributed by atoms with Crippen LogP contribution in [0.5, 0.6) is 0 Å². The lowest BCUT2D eigenvalue weighted by molar-refractivity contribution is 0.0598. The summed E-state index contributed by atoms with van der Waals surface area (Å²) in [4.78, 5) is 42.6. The third-order valence-corrected chi connectivity index (χ3v) is 6.67. The Hall–Kier alpha value is -3.32. The first-order chi connectivity index (χ1) is 16.1. The van der Waals surface area contributed by atoms with Crippen molar-refractivity contribution in [1.82, 2.24) is 24.8 Å². The Morgan fingerprint density at radius 1 is 1.15 bits per heavy atom. The number of nitrogens with one attached hydrogen (secondary N) is 1. The first-order valence-electron chi connectivity index (χ1n) is 11.7. The van der Waals surface area contributed by atoms with E-state index in [0.717, 1.165) is 49.2 Å². The minimum absolute atomic E-state index is 0.00285. The summed E-state index contributed by atoms with van der Waals surface area (Å²) in [6, 6.07) is 11.5. The molecule has 0 spiro atoms. The zero-order chi connectivity index (χ0) is 22.8. The van der Waals surface area contributed by atoms with Crippen molar-refractivity contribution in [2.24, 2.45) is 0 Å². The largest absolute Gasteiger partial charge is 0.328 e. The van der Waals surface area contributed by atoms with Gasteiger partial charge in [-0.25, -0.2) is 4.98 Å². The summed E-state index contributed by atoms with van der Waals surface area (Å²) in [6.45, 7) is 4.91. The molecule has 3 aromatic rings. The lowest BCUT2D eigenvalue weighted by atomic mass is 9.98. The number of fused-ring (bicyclic) bond motifs is 1. The first-order valence-corrected chi connectivity index (χ1v) is 11.7. The van der Waals surface area contributed by atoms with Crippen LogP contribution in [0.2, 0.25) is 0 Å². The normalized spacial score (nSPS) is 18.7. The molecule has 4 heterocycles. The zero-order valence-electron chi connectivity index (χ0n) is 19.0. The molecular formula is C26H29N5O2. The molecule has 33 heavy (non-hydrogen) atoms. The van der Waals surface area contributed by atoms with Crippen molar-refractivity contribution in [1.29, 1.82) is 0 Å². The van der Waals surface area contributed by atoms with E-state index < -0.39 is 0 Å². The summed E-state index contributed by atoms with van der Waals surface area (Å²) in [5.74, 6) is 0.619. The predicted molar refractivity (Wildman–Crippen MR) is 126 cm³/mol. The topological polar surface area (TPSA) is 82.2 Å². The number of amides is 1. The van der Waals surface area contributed by atoms with Gasteiger partial charge in [-0.15, -0.1) is 0 Å². The maximum atomic E-state index is 13.4. The fraction of sp³-hybridized carbons (Fsp3) is 0.385. The third kappa shape index (κ3) is 4.59. The summed E-state index contributed by atoms with van der Waals surface area (Å²) < 4.78 is 0. The molecule has 2 aromatic heterocycles. The van der Waals surface area contributed by atoms with Crippen molar-refractivity contribution in [3.8, 4) is 0 Å². The third-order valence-electron chi connectivity index (χ3n) is 6.67. The van der Waals surface area contributed by atoms with Crippen LogP contribution in [0, 0.1) is 6.92 Å². The highest BCUT2D eigenvalue weighted by atomic mass is 16.2. The van der Waals surface area contributed by atoms with Crippen molar-refractivity contribution in [2.75, 3.05) is 13.1 Å². The Balaban J connectivity index is 1.41. The van der Waals surface area contributed by atoms with Crippen LogP contribution in [0.4, 0.5) is 0 Å². The van der Waals surface area contributed by atoms with Gasteiger partial charge in [0.1, 0.15) is 5.82 Å².